The fourth-order valence-electron chi connectivity index (χ4n) is 3.69. The minimum Gasteiger partial charge on any atom is -0.368 e. The van der Waals surface area contributed by atoms with Crippen molar-refractivity contribution in [1.29, 1.82) is 0 Å². The summed E-state index contributed by atoms with van der Waals surface area (Å²) in [4.78, 5) is 23.8. The molecular formula is C21H28N4O. The fourth-order valence-corrected chi connectivity index (χ4v) is 3.69. The summed E-state index contributed by atoms with van der Waals surface area (Å²) in [6, 6.07) is 9.99. The van der Waals surface area contributed by atoms with Crippen molar-refractivity contribution in [3.8, 4) is 0 Å². The molecule has 1 atom stereocenters. The molecule has 3 rings (SSSR count). The summed E-state index contributed by atoms with van der Waals surface area (Å²) in [7, 11) is 3.96. The second kappa shape index (κ2) is 7.87. The number of likely N-dealkylation sites (N-methyl/N-ethyl adjacent to an activating group) is 1. The molecule has 1 saturated heterocycles. The Morgan fingerprint density at radius 1 is 1.04 bits per heavy atom. The Morgan fingerprint density at radius 2 is 1.73 bits per heavy atom. The Hall–Kier alpha value is -2.40. The van der Waals surface area contributed by atoms with Crippen molar-refractivity contribution < 1.29 is 4.79 Å². The van der Waals surface area contributed by atoms with Crippen LogP contribution in [0.15, 0.2) is 42.7 Å². The maximum absolute atomic E-state index is 13.3. The van der Waals surface area contributed by atoms with E-state index >= 15 is 0 Å². The summed E-state index contributed by atoms with van der Waals surface area (Å²) in [5, 5.41) is 0. The number of hydrogen-bond donors (Lipinski definition) is 0. The molecule has 0 bridgehead atoms. The maximum atomic E-state index is 13.3. The zero-order valence-electron chi connectivity index (χ0n) is 16.1. The van der Waals surface area contributed by atoms with Crippen molar-refractivity contribution in [2.24, 2.45) is 0 Å². The van der Waals surface area contributed by atoms with Crippen molar-refractivity contribution in [3.63, 3.8) is 0 Å². The Balaban J connectivity index is 1.73. The molecule has 2 heterocycles. The van der Waals surface area contributed by atoms with Crippen LogP contribution < -0.4 is 4.90 Å². The first-order valence-electron chi connectivity index (χ1n) is 9.15. The Bertz CT molecular complexity index is 766. The van der Waals surface area contributed by atoms with Crippen LogP contribution in [0.2, 0.25) is 0 Å². The van der Waals surface area contributed by atoms with E-state index < -0.39 is 0 Å². The number of nitrogens with zero attached hydrogens (tertiary/aromatic N) is 4. The fraction of sp³-hybridized carbons (Fsp3) is 0.429. The molecule has 0 N–H and O–H groups in total. The highest BCUT2D eigenvalue weighted by Gasteiger charge is 2.31. The van der Waals surface area contributed by atoms with Crippen LogP contribution in [0, 0.1) is 13.8 Å². The zero-order chi connectivity index (χ0) is 18.7. The summed E-state index contributed by atoms with van der Waals surface area (Å²) in [6.07, 6.45) is 3.73. The normalized spacial score (nSPS) is 16.0. The van der Waals surface area contributed by atoms with Crippen LogP contribution in [0.3, 0.4) is 0 Å². The van der Waals surface area contributed by atoms with Crippen molar-refractivity contribution in [2.75, 3.05) is 45.2 Å². The number of aryl methyl sites for hydroxylation is 2. The lowest BCUT2D eigenvalue weighted by Gasteiger charge is -2.39. The third-order valence-corrected chi connectivity index (χ3v) is 5.16. The lowest BCUT2D eigenvalue weighted by molar-refractivity contribution is -0.136. The quantitative estimate of drug-likeness (QED) is 0.848. The highest BCUT2D eigenvalue weighted by atomic mass is 16.2. The lowest BCUT2D eigenvalue weighted by Crippen LogP contribution is -2.51. The number of benzene rings is 1. The van der Waals surface area contributed by atoms with E-state index in [2.05, 4.69) is 41.9 Å². The highest BCUT2D eigenvalue weighted by molar-refractivity contribution is 5.84. The summed E-state index contributed by atoms with van der Waals surface area (Å²) in [5.74, 6) is 0.190. The van der Waals surface area contributed by atoms with Crippen LogP contribution in [-0.4, -0.2) is 61.0 Å². The monoisotopic (exact) mass is 352 g/mol. The smallest absolute Gasteiger partial charge is 0.244 e. The second-order valence-electron chi connectivity index (χ2n) is 7.20. The van der Waals surface area contributed by atoms with Crippen molar-refractivity contribution in [2.45, 2.75) is 19.9 Å². The number of aromatic nitrogens is 1. The summed E-state index contributed by atoms with van der Waals surface area (Å²) < 4.78 is 0. The SMILES string of the molecule is Cc1ccccc1[C@H](C(=O)N1CCN(c2ccncc2C)CC1)N(C)C. The number of carbonyl (C=O) groups excluding carboxylic acids is 1. The van der Waals surface area contributed by atoms with E-state index in [9.17, 15) is 4.79 Å². The summed E-state index contributed by atoms with van der Waals surface area (Å²) >= 11 is 0. The molecule has 138 valence electrons. The number of rotatable bonds is 4. The standard InChI is InChI=1S/C21H28N4O/c1-16-7-5-6-8-18(16)20(23(3)4)21(26)25-13-11-24(12-14-25)19-9-10-22-15-17(19)2/h5-10,15,20H,11-14H2,1-4H3/t20-/m1/s1. The van der Waals surface area contributed by atoms with Crippen molar-refractivity contribution >= 4 is 11.6 Å². The number of pyridine rings is 1. The first-order chi connectivity index (χ1) is 12.5. The van der Waals surface area contributed by atoms with E-state index in [1.807, 2.05) is 48.4 Å². The minimum absolute atomic E-state index is 0.190. The van der Waals surface area contributed by atoms with Gasteiger partial charge in [-0.2, -0.15) is 0 Å². The predicted octanol–water partition coefficient (Wildman–Crippen LogP) is 2.65. The van der Waals surface area contributed by atoms with Gasteiger partial charge in [-0.3, -0.25) is 14.7 Å². The first kappa shape index (κ1) is 18.4. The number of piperazine rings is 1. The predicted molar refractivity (Wildman–Crippen MR) is 105 cm³/mol. The molecule has 1 amide bonds. The van der Waals surface area contributed by atoms with E-state index in [0.717, 1.165) is 37.3 Å². The van der Waals surface area contributed by atoms with Gasteiger partial charge >= 0.3 is 0 Å². The molecule has 26 heavy (non-hydrogen) atoms. The molecule has 1 aliphatic rings. The van der Waals surface area contributed by atoms with Crippen LogP contribution in [0.1, 0.15) is 22.7 Å². The molecular weight excluding hydrogens is 324 g/mol. The lowest BCUT2D eigenvalue weighted by atomic mass is 9.99. The van der Waals surface area contributed by atoms with Crippen LogP contribution in [0.25, 0.3) is 0 Å². The first-order valence-corrected chi connectivity index (χ1v) is 9.15. The van der Waals surface area contributed by atoms with Gasteiger partial charge in [0, 0.05) is 44.3 Å². The zero-order valence-corrected chi connectivity index (χ0v) is 16.1. The average molecular weight is 352 g/mol. The van der Waals surface area contributed by atoms with Gasteiger partial charge in [-0.25, -0.2) is 0 Å². The topological polar surface area (TPSA) is 39.7 Å². The highest BCUT2D eigenvalue weighted by Crippen LogP contribution is 2.26. The van der Waals surface area contributed by atoms with Crippen LogP contribution in [0.5, 0.6) is 0 Å². The van der Waals surface area contributed by atoms with E-state index in [1.165, 1.54) is 11.3 Å². The van der Waals surface area contributed by atoms with E-state index in [-0.39, 0.29) is 11.9 Å². The van der Waals surface area contributed by atoms with Gasteiger partial charge in [-0.05, 0) is 50.7 Å². The molecule has 0 aliphatic carbocycles. The number of carbonyl (C=O) groups is 1. The van der Waals surface area contributed by atoms with Gasteiger partial charge in [0.05, 0.1) is 0 Å². The largest absolute Gasteiger partial charge is 0.368 e. The third-order valence-electron chi connectivity index (χ3n) is 5.16. The molecule has 0 saturated carbocycles. The molecule has 1 fully saturated rings. The van der Waals surface area contributed by atoms with Crippen LogP contribution >= 0.6 is 0 Å². The van der Waals surface area contributed by atoms with Gasteiger partial charge in [0.25, 0.3) is 0 Å². The Morgan fingerprint density at radius 3 is 2.35 bits per heavy atom. The van der Waals surface area contributed by atoms with Gasteiger partial charge in [0.15, 0.2) is 0 Å². The van der Waals surface area contributed by atoms with Gasteiger partial charge in [-0.1, -0.05) is 24.3 Å². The number of anilines is 1. The second-order valence-corrected chi connectivity index (χ2v) is 7.20. The molecule has 1 aliphatic heterocycles. The Kier molecular flexibility index (Phi) is 5.57. The summed E-state index contributed by atoms with van der Waals surface area (Å²) in [5.41, 5.74) is 4.65. The molecule has 5 nitrogen and oxygen atoms in total. The number of amides is 1. The van der Waals surface area contributed by atoms with Crippen LogP contribution in [0.4, 0.5) is 5.69 Å². The van der Waals surface area contributed by atoms with E-state index in [4.69, 9.17) is 0 Å². The minimum atomic E-state index is -0.231. The molecule has 0 radical (unpaired) electrons. The van der Waals surface area contributed by atoms with Crippen molar-refractivity contribution in [1.82, 2.24) is 14.8 Å². The molecule has 0 spiro atoms. The molecule has 1 aromatic heterocycles. The van der Waals surface area contributed by atoms with Crippen LogP contribution in [-0.2, 0) is 4.79 Å². The molecule has 0 unspecified atom stereocenters. The number of hydrogen-bond acceptors (Lipinski definition) is 4. The van der Waals surface area contributed by atoms with Gasteiger partial charge in [0.2, 0.25) is 5.91 Å². The molecule has 5 heteroatoms. The van der Waals surface area contributed by atoms with Gasteiger partial charge in [-0.15, -0.1) is 0 Å². The van der Waals surface area contributed by atoms with Gasteiger partial charge in [0.1, 0.15) is 6.04 Å². The Labute approximate surface area is 156 Å². The van der Waals surface area contributed by atoms with Crippen molar-refractivity contribution in [3.05, 3.63) is 59.4 Å². The maximum Gasteiger partial charge on any atom is 0.244 e. The molecule has 1 aromatic carbocycles. The van der Waals surface area contributed by atoms with E-state index in [1.54, 1.807) is 0 Å². The third kappa shape index (κ3) is 3.73. The van der Waals surface area contributed by atoms with E-state index in [0.29, 0.717) is 0 Å². The summed E-state index contributed by atoms with van der Waals surface area (Å²) in [6.45, 7) is 7.35. The van der Waals surface area contributed by atoms with Gasteiger partial charge < -0.3 is 9.80 Å². The average Bonchev–Trinajstić information content (AvgIpc) is 2.64. The molecule has 2 aromatic rings.